The minimum Gasteiger partial charge on any atom is -0.507 e. The zero-order valence-corrected chi connectivity index (χ0v) is 14.5. The first-order chi connectivity index (χ1) is 11.6. The molecule has 2 heterocycles. The van der Waals surface area contributed by atoms with Gasteiger partial charge in [0.1, 0.15) is 5.75 Å². The first-order valence-electron chi connectivity index (χ1n) is 8.96. The van der Waals surface area contributed by atoms with Gasteiger partial charge in [0.25, 0.3) is 0 Å². The van der Waals surface area contributed by atoms with Crippen LogP contribution in [0.1, 0.15) is 36.8 Å². The number of aliphatic hydroxyl groups excluding tert-OH is 1. The van der Waals surface area contributed by atoms with Gasteiger partial charge in [-0.25, -0.2) is 0 Å². The van der Waals surface area contributed by atoms with E-state index < -0.39 is 6.10 Å². The third-order valence-corrected chi connectivity index (χ3v) is 5.77. The van der Waals surface area contributed by atoms with E-state index in [2.05, 4.69) is 22.9 Å². The normalized spacial score (nSPS) is 26.5. The number of hydrogen-bond acceptors (Lipinski definition) is 4. The van der Waals surface area contributed by atoms with Gasteiger partial charge in [0.15, 0.2) is 0 Å². The summed E-state index contributed by atoms with van der Waals surface area (Å²) in [4.78, 5) is 4.37. The Kier molecular flexibility index (Phi) is 3.80. The fourth-order valence-electron chi connectivity index (χ4n) is 4.69. The van der Waals surface area contributed by atoms with Crippen molar-refractivity contribution in [2.24, 2.45) is 5.92 Å². The standard InChI is InChI=1S/C20H26N2O2/c1-21-11-3-5-13-7-9-15(23)17(19(13)21)18-16(24)10-8-14-6-4-12-22(2)20(14)18/h3,7,9,11,14,16,23-24H,4-6,8,10,12H2,1-2H3. The molecule has 0 spiro atoms. The van der Waals surface area contributed by atoms with Crippen molar-refractivity contribution in [3.8, 4) is 5.75 Å². The number of piperidine rings is 1. The molecule has 4 nitrogen and oxygen atoms in total. The van der Waals surface area contributed by atoms with Crippen LogP contribution in [0, 0.1) is 5.92 Å². The van der Waals surface area contributed by atoms with Crippen LogP contribution in [0.2, 0.25) is 0 Å². The number of phenolic OH excluding ortho intramolecular Hbond substituents is 1. The number of rotatable bonds is 1. The third kappa shape index (κ3) is 2.32. The Morgan fingerprint density at radius 3 is 2.79 bits per heavy atom. The molecule has 3 aliphatic rings. The summed E-state index contributed by atoms with van der Waals surface area (Å²) in [7, 11) is 4.13. The van der Waals surface area contributed by atoms with Crippen LogP contribution in [0.5, 0.6) is 5.75 Å². The Labute approximate surface area is 143 Å². The van der Waals surface area contributed by atoms with Crippen LogP contribution in [-0.4, -0.2) is 41.9 Å². The summed E-state index contributed by atoms with van der Waals surface area (Å²) >= 11 is 0. The van der Waals surface area contributed by atoms with Crippen LogP contribution in [0.25, 0.3) is 5.57 Å². The van der Waals surface area contributed by atoms with Crippen LogP contribution in [-0.2, 0) is 6.42 Å². The average Bonchev–Trinajstić information content (AvgIpc) is 2.57. The SMILES string of the molecule is CN1CCCC2CCC(O)C(c3c(O)ccc4c3N(C)C=CC4)=C21. The van der Waals surface area contributed by atoms with Crippen molar-refractivity contribution in [2.75, 3.05) is 25.5 Å². The van der Waals surface area contributed by atoms with Crippen LogP contribution in [0.4, 0.5) is 5.69 Å². The van der Waals surface area contributed by atoms with Gasteiger partial charge in [-0.3, -0.25) is 0 Å². The number of fused-ring (bicyclic) bond motifs is 2. The van der Waals surface area contributed by atoms with Gasteiger partial charge < -0.3 is 20.0 Å². The minimum absolute atomic E-state index is 0.275. The van der Waals surface area contributed by atoms with E-state index in [1.807, 2.05) is 19.3 Å². The topological polar surface area (TPSA) is 46.9 Å². The number of hydrogen-bond donors (Lipinski definition) is 2. The highest BCUT2D eigenvalue weighted by Crippen LogP contribution is 2.48. The lowest BCUT2D eigenvalue weighted by Gasteiger charge is -2.42. The maximum absolute atomic E-state index is 10.9. The Bertz CT molecular complexity index is 723. The number of allylic oxidation sites excluding steroid dienone is 2. The van der Waals surface area contributed by atoms with E-state index in [1.165, 1.54) is 24.1 Å². The molecule has 4 rings (SSSR count). The predicted molar refractivity (Wildman–Crippen MR) is 96.9 cm³/mol. The van der Waals surface area contributed by atoms with Crippen molar-refractivity contribution in [3.63, 3.8) is 0 Å². The van der Waals surface area contributed by atoms with Gasteiger partial charge in [-0.2, -0.15) is 0 Å². The molecule has 0 saturated carbocycles. The molecular weight excluding hydrogens is 300 g/mol. The Morgan fingerprint density at radius 1 is 1.12 bits per heavy atom. The quantitative estimate of drug-likeness (QED) is 0.832. The first kappa shape index (κ1) is 15.6. The molecule has 0 radical (unpaired) electrons. The Hall–Kier alpha value is -1.94. The zero-order valence-electron chi connectivity index (χ0n) is 14.5. The molecule has 1 aliphatic carbocycles. The summed E-state index contributed by atoms with van der Waals surface area (Å²) in [6.07, 6.45) is 8.74. The maximum atomic E-state index is 10.9. The Morgan fingerprint density at radius 2 is 1.96 bits per heavy atom. The second kappa shape index (κ2) is 5.85. The molecule has 24 heavy (non-hydrogen) atoms. The molecule has 0 amide bonds. The number of anilines is 1. The fraction of sp³-hybridized carbons (Fsp3) is 0.500. The summed E-state index contributed by atoms with van der Waals surface area (Å²) in [5.41, 5.74) is 5.27. The summed E-state index contributed by atoms with van der Waals surface area (Å²) in [6, 6.07) is 3.78. The van der Waals surface area contributed by atoms with Crippen molar-refractivity contribution in [3.05, 3.63) is 41.2 Å². The number of phenols is 1. The monoisotopic (exact) mass is 326 g/mol. The highest BCUT2D eigenvalue weighted by atomic mass is 16.3. The molecular formula is C20H26N2O2. The van der Waals surface area contributed by atoms with Gasteiger partial charge >= 0.3 is 0 Å². The molecule has 128 valence electrons. The lowest BCUT2D eigenvalue weighted by Crippen LogP contribution is -2.36. The van der Waals surface area contributed by atoms with E-state index in [9.17, 15) is 10.2 Å². The van der Waals surface area contributed by atoms with E-state index in [-0.39, 0.29) is 5.75 Å². The number of benzene rings is 1. The molecule has 1 saturated heterocycles. The molecule has 0 aromatic heterocycles. The van der Waals surface area contributed by atoms with Crippen molar-refractivity contribution >= 4 is 11.3 Å². The fourth-order valence-corrected chi connectivity index (χ4v) is 4.69. The zero-order chi connectivity index (χ0) is 16.8. The number of likely N-dealkylation sites (tertiary alicyclic amines) is 1. The highest BCUT2D eigenvalue weighted by molar-refractivity contribution is 5.87. The molecule has 0 bridgehead atoms. The molecule has 1 aromatic carbocycles. The van der Waals surface area contributed by atoms with E-state index >= 15 is 0 Å². The first-order valence-corrected chi connectivity index (χ1v) is 8.96. The van der Waals surface area contributed by atoms with E-state index in [4.69, 9.17) is 0 Å². The maximum Gasteiger partial charge on any atom is 0.125 e. The van der Waals surface area contributed by atoms with Gasteiger partial charge in [-0.1, -0.05) is 12.1 Å². The van der Waals surface area contributed by atoms with E-state index in [0.717, 1.165) is 42.6 Å². The van der Waals surface area contributed by atoms with Crippen LogP contribution >= 0.6 is 0 Å². The van der Waals surface area contributed by atoms with Gasteiger partial charge in [-0.15, -0.1) is 0 Å². The van der Waals surface area contributed by atoms with Gasteiger partial charge in [0.05, 0.1) is 11.8 Å². The summed E-state index contributed by atoms with van der Waals surface area (Å²) in [6.45, 7) is 1.02. The van der Waals surface area contributed by atoms with E-state index in [0.29, 0.717) is 5.92 Å². The lowest BCUT2D eigenvalue weighted by atomic mass is 9.76. The average molecular weight is 326 g/mol. The summed E-state index contributed by atoms with van der Waals surface area (Å²) < 4.78 is 0. The van der Waals surface area contributed by atoms with Crippen LogP contribution < -0.4 is 4.90 Å². The third-order valence-electron chi connectivity index (χ3n) is 5.77. The molecule has 1 fully saturated rings. The van der Waals surface area contributed by atoms with Crippen molar-refractivity contribution in [2.45, 2.75) is 38.2 Å². The number of aliphatic hydroxyl groups is 1. The minimum atomic E-state index is -0.506. The second-order valence-electron chi connectivity index (χ2n) is 7.32. The van der Waals surface area contributed by atoms with Crippen molar-refractivity contribution in [1.29, 1.82) is 0 Å². The lowest BCUT2D eigenvalue weighted by molar-refractivity contribution is 0.172. The second-order valence-corrected chi connectivity index (χ2v) is 7.32. The summed E-state index contributed by atoms with van der Waals surface area (Å²) in [5.74, 6) is 0.777. The predicted octanol–water partition coefficient (Wildman–Crippen LogP) is 3.11. The molecule has 4 heteroatoms. The van der Waals surface area contributed by atoms with E-state index in [1.54, 1.807) is 6.07 Å². The molecule has 1 aromatic rings. The van der Waals surface area contributed by atoms with Crippen molar-refractivity contribution < 1.29 is 10.2 Å². The molecule has 2 unspecified atom stereocenters. The van der Waals surface area contributed by atoms with Crippen LogP contribution in [0.15, 0.2) is 30.1 Å². The smallest absolute Gasteiger partial charge is 0.125 e. The van der Waals surface area contributed by atoms with Gasteiger partial charge in [0.2, 0.25) is 0 Å². The number of nitrogens with zero attached hydrogens (tertiary/aromatic N) is 2. The van der Waals surface area contributed by atoms with Gasteiger partial charge in [0, 0.05) is 43.7 Å². The Balaban J connectivity index is 1.97. The summed E-state index contributed by atoms with van der Waals surface area (Å²) in [5, 5.41) is 21.6. The van der Waals surface area contributed by atoms with Crippen LogP contribution in [0.3, 0.4) is 0 Å². The molecule has 2 atom stereocenters. The number of aromatic hydroxyl groups is 1. The molecule has 2 aliphatic heterocycles. The molecule has 2 N–H and O–H groups in total. The largest absolute Gasteiger partial charge is 0.507 e. The van der Waals surface area contributed by atoms with Gasteiger partial charge in [-0.05, 0) is 49.7 Å². The van der Waals surface area contributed by atoms with Crippen molar-refractivity contribution in [1.82, 2.24) is 4.90 Å². The highest BCUT2D eigenvalue weighted by Gasteiger charge is 2.36.